The molecule has 59 heavy (non-hydrogen) atoms. The monoisotopic (exact) mass is 806 g/mol. The number of fused-ring (bicyclic) bond motifs is 3. The fourth-order valence-electron chi connectivity index (χ4n) is 10.2. The lowest BCUT2D eigenvalue weighted by Crippen LogP contribution is -2.55. The van der Waals surface area contributed by atoms with Gasteiger partial charge >= 0.3 is 12.2 Å². The van der Waals surface area contributed by atoms with Crippen LogP contribution >= 0.6 is 0 Å². The zero-order valence-corrected chi connectivity index (χ0v) is 34.4. The first-order chi connectivity index (χ1) is 28.4. The zero-order chi connectivity index (χ0) is 41.3. The summed E-state index contributed by atoms with van der Waals surface area (Å²) in [6.45, 7) is 7.86. The molecule has 312 valence electrons. The van der Waals surface area contributed by atoms with Crippen molar-refractivity contribution in [1.82, 2.24) is 40.4 Å². The maximum Gasteiger partial charge on any atom is 0.407 e. The lowest BCUT2D eigenvalue weighted by atomic mass is 9.85. The molecule has 3 saturated heterocycles. The van der Waals surface area contributed by atoms with Crippen molar-refractivity contribution in [3.8, 4) is 22.5 Å². The Morgan fingerprint density at radius 3 is 1.69 bits per heavy atom. The number of carbonyl (C=O) groups excluding carboxylic acids is 4. The van der Waals surface area contributed by atoms with Gasteiger partial charge in [-0.3, -0.25) is 9.59 Å². The minimum absolute atomic E-state index is 0.0130. The Hall–Kier alpha value is -5.44. The molecule has 4 amide bonds. The van der Waals surface area contributed by atoms with Gasteiger partial charge in [-0.05, 0) is 98.9 Å². The van der Waals surface area contributed by atoms with Gasteiger partial charge in [-0.25, -0.2) is 19.6 Å². The molecule has 2 saturated carbocycles. The lowest BCUT2D eigenvalue weighted by molar-refractivity contribution is -0.140. The highest BCUT2D eigenvalue weighted by Crippen LogP contribution is 2.55. The van der Waals surface area contributed by atoms with E-state index in [4.69, 9.17) is 24.2 Å². The van der Waals surface area contributed by atoms with Gasteiger partial charge < -0.3 is 44.6 Å². The van der Waals surface area contributed by atoms with E-state index in [0.717, 1.165) is 70.6 Å². The van der Waals surface area contributed by atoms with Crippen LogP contribution in [0.4, 0.5) is 9.59 Å². The van der Waals surface area contributed by atoms with Gasteiger partial charge in [0.25, 0.3) is 0 Å². The summed E-state index contributed by atoms with van der Waals surface area (Å²) in [5.74, 6) is 1.98. The Morgan fingerprint density at radius 1 is 0.712 bits per heavy atom. The molecule has 0 radical (unpaired) electrons. The van der Waals surface area contributed by atoms with Crippen molar-refractivity contribution in [2.75, 3.05) is 14.2 Å². The van der Waals surface area contributed by atoms with Gasteiger partial charge in [0.2, 0.25) is 11.8 Å². The number of methoxy groups -OCH3 is 2. The molecule has 15 nitrogen and oxygen atoms in total. The van der Waals surface area contributed by atoms with Crippen molar-refractivity contribution in [3.63, 3.8) is 0 Å². The Balaban J connectivity index is 0.911. The van der Waals surface area contributed by atoms with Crippen molar-refractivity contribution in [1.29, 1.82) is 0 Å². The number of aromatic nitrogens is 4. The highest BCUT2D eigenvalue weighted by Gasteiger charge is 2.58. The molecule has 2 aliphatic carbocycles. The maximum atomic E-state index is 14.4. The van der Waals surface area contributed by atoms with Crippen LogP contribution in [0.2, 0.25) is 0 Å². The molecule has 4 aromatic rings. The molecular formula is C44H54N8O7. The molecule has 1 unspecified atom stereocenters. The first-order valence-electron chi connectivity index (χ1n) is 21.0. The van der Waals surface area contributed by atoms with Crippen LogP contribution in [0.15, 0.2) is 48.8 Å². The number of nitrogens with zero attached hydrogens (tertiary/aromatic N) is 4. The van der Waals surface area contributed by atoms with E-state index in [1.807, 2.05) is 49.9 Å². The summed E-state index contributed by atoms with van der Waals surface area (Å²) in [4.78, 5) is 73.4. The third-order valence-electron chi connectivity index (χ3n) is 13.3. The summed E-state index contributed by atoms with van der Waals surface area (Å²) < 4.78 is 15.7. The van der Waals surface area contributed by atoms with E-state index in [-0.39, 0.29) is 60.0 Å². The molecule has 3 aliphatic heterocycles. The Labute approximate surface area is 343 Å². The lowest BCUT2D eigenvalue weighted by Gasteiger charge is -2.38. The van der Waals surface area contributed by atoms with Crippen LogP contribution in [-0.2, 0) is 23.8 Å². The number of alkyl carbamates (subject to hydrolysis) is 2. The van der Waals surface area contributed by atoms with E-state index in [9.17, 15) is 19.2 Å². The molecule has 0 spiro atoms. The molecule has 5 aliphatic rings. The van der Waals surface area contributed by atoms with Crippen LogP contribution in [0.5, 0.6) is 0 Å². The van der Waals surface area contributed by atoms with Gasteiger partial charge in [-0.1, -0.05) is 38.1 Å². The van der Waals surface area contributed by atoms with Crippen LogP contribution in [0.1, 0.15) is 90.0 Å². The summed E-state index contributed by atoms with van der Waals surface area (Å²) >= 11 is 0. The van der Waals surface area contributed by atoms with Crippen molar-refractivity contribution in [3.05, 3.63) is 60.4 Å². The van der Waals surface area contributed by atoms with E-state index >= 15 is 0 Å². The van der Waals surface area contributed by atoms with Crippen LogP contribution in [0.25, 0.3) is 33.3 Å². The van der Waals surface area contributed by atoms with E-state index in [0.29, 0.717) is 24.7 Å². The standard InChI is InChI=1S/C44H54N8O7/c1-21(2)37(49-43(55)57-5)41(53)51-33-15-28(33)17-35(51)39-45-19-31(47-39)26-9-7-25-14-27(10-8-24(25)13-26)32-20-46-40(48-32)36-18-29-16-34(29)52(36)42(54)38(50-44(56)58-6)30-11-22(3)59-23(4)12-30/h7-10,13-14,19-23,28-30,33-38H,11-12,15-18H2,1-6H3,(H,45,47)(H,46,48)(H,49,55)(H,50,56)/t22-,23+,28-,29-,30+,33-,34-,35+,36+,37+,38?/m1/s1. The maximum absolute atomic E-state index is 14.4. The minimum atomic E-state index is -0.710. The number of H-pyrrole nitrogens is 2. The number of amides is 4. The van der Waals surface area contributed by atoms with Gasteiger partial charge in [0.15, 0.2) is 0 Å². The van der Waals surface area contributed by atoms with Gasteiger partial charge in [0, 0.05) is 23.2 Å². The fraction of sp³-hybridized carbons (Fsp3) is 0.545. The molecule has 5 heterocycles. The minimum Gasteiger partial charge on any atom is -0.453 e. The van der Waals surface area contributed by atoms with Crippen molar-refractivity contribution in [2.45, 2.75) is 115 Å². The Bertz CT molecular complexity index is 2260. The second-order valence-electron chi connectivity index (χ2n) is 17.7. The molecule has 0 bridgehead atoms. The first kappa shape index (κ1) is 39.0. The fourth-order valence-corrected chi connectivity index (χ4v) is 10.2. The van der Waals surface area contributed by atoms with Gasteiger partial charge in [-0.2, -0.15) is 0 Å². The third-order valence-corrected chi connectivity index (χ3v) is 13.3. The molecule has 4 N–H and O–H groups in total. The highest BCUT2D eigenvalue weighted by molar-refractivity contribution is 5.91. The van der Waals surface area contributed by atoms with Crippen molar-refractivity contribution >= 4 is 34.8 Å². The highest BCUT2D eigenvalue weighted by atomic mass is 16.5. The average molecular weight is 807 g/mol. The number of likely N-dealkylation sites (tertiary alicyclic amines) is 2. The van der Waals surface area contributed by atoms with Crippen LogP contribution in [0, 0.1) is 23.7 Å². The van der Waals surface area contributed by atoms with E-state index in [1.165, 1.54) is 14.2 Å². The Kier molecular flexibility index (Phi) is 10.1. The number of hydrogen-bond acceptors (Lipinski definition) is 9. The summed E-state index contributed by atoms with van der Waals surface area (Å²) in [6.07, 6.45) is 7.36. The quantitative estimate of drug-likeness (QED) is 0.144. The molecular weight excluding hydrogens is 753 g/mol. The molecule has 9 rings (SSSR count). The largest absolute Gasteiger partial charge is 0.453 e. The van der Waals surface area contributed by atoms with Crippen LogP contribution < -0.4 is 10.6 Å². The predicted molar refractivity (Wildman–Crippen MR) is 218 cm³/mol. The topological polar surface area (TPSA) is 184 Å². The number of aromatic amines is 2. The van der Waals surface area contributed by atoms with E-state index in [2.05, 4.69) is 57.0 Å². The number of carbonyl (C=O) groups is 4. The zero-order valence-electron chi connectivity index (χ0n) is 34.4. The number of rotatable bonds is 10. The number of ether oxygens (including phenoxy) is 3. The first-order valence-corrected chi connectivity index (χ1v) is 21.0. The number of hydrogen-bond donors (Lipinski definition) is 4. The predicted octanol–water partition coefficient (Wildman–Crippen LogP) is 6.25. The molecule has 15 heteroatoms. The van der Waals surface area contributed by atoms with Crippen molar-refractivity contribution < 1.29 is 33.4 Å². The Morgan fingerprint density at radius 2 is 1.20 bits per heavy atom. The SMILES string of the molecule is COC(=O)NC(C(=O)N1[C@@H]2C[C@@H]2C[C@H]1c1ncc(-c2ccc3cc(-c4cnc([C@@H]5C[C@H]6C[C@H]6N5C(=O)[C@@H](NC(=O)OC)C(C)C)[nH]4)ccc3c2)[nH]1)[C@H]1C[C@@H](C)O[C@@H](C)C1. The molecule has 5 fully saturated rings. The van der Waals surface area contributed by atoms with Gasteiger partial charge in [0.1, 0.15) is 23.7 Å². The van der Waals surface area contributed by atoms with E-state index in [1.54, 1.807) is 0 Å². The molecule has 2 aromatic carbocycles. The summed E-state index contributed by atoms with van der Waals surface area (Å²) in [5, 5.41) is 7.75. The summed E-state index contributed by atoms with van der Waals surface area (Å²) in [5.41, 5.74) is 3.69. The third kappa shape index (κ3) is 7.42. The van der Waals surface area contributed by atoms with Crippen LogP contribution in [-0.4, -0.2) is 104 Å². The molecule has 2 aromatic heterocycles. The van der Waals surface area contributed by atoms with Gasteiger partial charge in [0.05, 0.1) is 62.3 Å². The second-order valence-corrected chi connectivity index (χ2v) is 17.7. The molecule has 11 atom stereocenters. The van der Waals surface area contributed by atoms with Crippen molar-refractivity contribution in [2.24, 2.45) is 23.7 Å². The number of imidazole rings is 2. The smallest absolute Gasteiger partial charge is 0.407 e. The number of benzene rings is 2. The normalized spacial score (nSPS) is 29.1. The summed E-state index contributed by atoms with van der Waals surface area (Å²) in [7, 11) is 2.62. The van der Waals surface area contributed by atoms with Gasteiger partial charge in [-0.15, -0.1) is 0 Å². The van der Waals surface area contributed by atoms with Crippen LogP contribution in [0.3, 0.4) is 0 Å². The number of piperidine rings is 2. The summed E-state index contributed by atoms with van der Waals surface area (Å²) in [6, 6.07) is 11.1. The van der Waals surface area contributed by atoms with E-state index < -0.39 is 24.3 Å². The number of nitrogens with one attached hydrogen (secondary N) is 4. The second kappa shape index (κ2) is 15.3. The average Bonchev–Trinajstić information content (AvgIpc) is 3.81.